The topological polar surface area (TPSA) is 127 Å². The molecule has 0 N–H and O–H groups in total. The SMILES string of the molecule is O=C1c2cc(OC34CC5CC(CC(COC(=O)C(F)(F)S(=O)(=O)[O-])(C5)C3)C4)ccc2C(=O)c2c1ccc(I)c2I. The Hall–Kier alpha value is -1.72. The van der Waals surface area contributed by atoms with Crippen molar-refractivity contribution in [3.63, 3.8) is 0 Å². The molecule has 2 unspecified atom stereocenters. The van der Waals surface area contributed by atoms with Gasteiger partial charge in [0.15, 0.2) is 21.7 Å². The van der Waals surface area contributed by atoms with Crippen LogP contribution in [0.25, 0.3) is 0 Å². The van der Waals surface area contributed by atoms with Crippen molar-refractivity contribution >= 4 is 72.8 Å². The van der Waals surface area contributed by atoms with E-state index in [4.69, 9.17) is 9.47 Å². The number of rotatable bonds is 6. The first-order valence-corrected chi connectivity index (χ1v) is 16.1. The molecule has 0 aliphatic heterocycles. The summed E-state index contributed by atoms with van der Waals surface area (Å²) in [6.07, 6.45) is 3.87. The van der Waals surface area contributed by atoms with Gasteiger partial charge in [-0.1, -0.05) is 0 Å². The Morgan fingerprint density at radius 3 is 2.30 bits per heavy atom. The van der Waals surface area contributed by atoms with E-state index in [2.05, 4.69) is 45.2 Å². The van der Waals surface area contributed by atoms with Gasteiger partial charge in [-0.3, -0.25) is 9.59 Å². The molecule has 212 valence electrons. The molecule has 0 saturated heterocycles. The lowest BCUT2D eigenvalue weighted by molar-refractivity contribution is -0.187. The summed E-state index contributed by atoms with van der Waals surface area (Å²) in [5, 5.41) is -5.16. The number of fused-ring (bicyclic) bond motifs is 2. The van der Waals surface area contributed by atoms with Gasteiger partial charge in [0.05, 0.1) is 6.61 Å². The van der Waals surface area contributed by atoms with Crippen LogP contribution in [-0.2, 0) is 19.6 Å². The van der Waals surface area contributed by atoms with Gasteiger partial charge in [-0.2, -0.15) is 8.78 Å². The van der Waals surface area contributed by atoms with Crippen molar-refractivity contribution in [1.29, 1.82) is 0 Å². The zero-order valence-corrected chi connectivity index (χ0v) is 25.8. The third-order valence-electron chi connectivity index (χ3n) is 8.57. The van der Waals surface area contributed by atoms with Crippen molar-refractivity contribution < 1.29 is 45.6 Å². The summed E-state index contributed by atoms with van der Waals surface area (Å²) in [5.41, 5.74) is -0.119. The van der Waals surface area contributed by atoms with Gasteiger partial charge < -0.3 is 14.0 Å². The molecule has 4 bridgehead atoms. The number of ether oxygens (including phenoxy) is 2. The smallest absolute Gasteiger partial charge is 0.428 e. The third-order valence-corrected chi connectivity index (χ3v) is 12.4. The molecular formula is C27H21F2I2O8S-. The Labute approximate surface area is 255 Å². The monoisotopic (exact) mass is 797 g/mol. The molecule has 0 aromatic heterocycles. The Morgan fingerprint density at radius 1 is 1.00 bits per heavy atom. The van der Waals surface area contributed by atoms with E-state index in [0.717, 1.165) is 13.6 Å². The average molecular weight is 797 g/mol. The highest BCUT2D eigenvalue weighted by Gasteiger charge is 2.60. The molecule has 0 spiro atoms. The van der Waals surface area contributed by atoms with Crippen molar-refractivity contribution in [2.24, 2.45) is 17.3 Å². The summed E-state index contributed by atoms with van der Waals surface area (Å²) >= 11 is 4.19. The molecule has 0 heterocycles. The molecule has 8 nitrogen and oxygen atoms in total. The Kier molecular flexibility index (Phi) is 6.67. The fourth-order valence-electron chi connectivity index (χ4n) is 7.52. The maximum atomic E-state index is 13.7. The van der Waals surface area contributed by atoms with Crippen LogP contribution < -0.4 is 4.74 Å². The number of ketones is 2. The van der Waals surface area contributed by atoms with Gasteiger partial charge >= 0.3 is 11.2 Å². The van der Waals surface area contributed by atoms with Gasteiger partial charge in [0.2, 0.25) is 0 Å². The number of hydrogen-bond donors (Lipinski definition) is 0. The number of alkyl halides is 2. The van der Waals surface area contributed by atoms with E-state index in [0.29, 0.717) is 54.5 Å². The Balaban J connectivity index is 1.26. The Morgan fingerprint density at radius 2 is 1.65 bits per heavy atom. The molecule has 2 aromatic carbocycles. The van der Waals surface area contributed by atoms with Crippen LogP contribution in [0.4, 0.5) is 8.78 Å². The number of halogens is 4. The van der Waals surface area contributed by atoms with Gasteiger partial charge in [-0.15, -0.1) is 0 Å². The first-order chi connectivity index (χ1) is 18.6. The lowest BCUT2D eigenvalue weighted by Gasteiger charge is -2.61. The van der Waals surface area contributed by atoms with Crippen LogP contribution in [0, 0.1) is 24.4 Å². The van der Waals surface area contributed by atoms with Crippen LogP contribution in [0.5, 0.6) is 5.75 Å². The van der Waals surface area contributed by atoms with Crippen LogP contribution in [0.2, 0.25) is 0 Å². The van der Waals surface area contributed by atoms with Crippen molar-refractivity contribution in [3.8, 4) is 5.75 Å². The van der Waals surface area contributed by atoms with Gasteiger partial charge in [-0.25, -0.2) is 13.2 Å². The van der Waals surface area contributed by atoms with Gasteiger partial charge in [0.25, 0.3) is 0 Å². The predicted octanol–water partition coefficient (Wildman–Crippen LogP) is 5.07. The predicted molar refractivity (Wildman–Crippen MR) is 151 cm³/mol. The summed E-state index contributed by atoms with van der Waals surface area (Å²) in [6.45, 7) is -0.444. The summed E-state index contributed by atoms with van der Waals surface area (Å²) in [7, 11) is -6.21. The van der Waals surface area contributed by atoms with E-state index >= 15 is 0 Å². The van der Waals surface area contributed by atoms with Crippen LogP contribution in [0.15, 0.2) is 30.3 Å². The standard InChI is InChI=1S/C27H22F2I2O8S/c28-27(29,40(35,36)37)24(34)38-12-25-7-13-5-14(8-25)10-26(9-13,11-25)39-15-1-2-16-18(6-15)22(32)17-3-4-19(30)21(31)20(17)23(16)33/h1-4,6,13-14H,5,7-12H2,(H,35,36,37)/p-1. The van der Waals surface area contributed by atoms with Crippen LogP contribution >= 0.6 is 45.2 Å². The van der Waals surface area contributed by atoms with Gasteiger partial charge in [-0.05, 0) is 126 Å². The highest BCUT2D eigenvalue weighted by atomic mass is 127. The lowest BCUT2D eigenvalue weighted by atomic mass is 9.48. The number of benzene rings is 2. The molecular weight excluding hydrogens is 776 g/mol. The van der Waals surface area contributed by atoms with Gasteiger partial charge in [0.1, 0.15) is 11.4 Å². The fourth-order valence-corrected chi connectivity index (χ4v) is 8.95. The maximum Gasteiger partial charge on any atom is 0.428 e. The average Bonchev–Trinajstić information content (AvgIpc) is 2.85. The quantitative estimate of drug-likeness (QED) is 0.193. The molecule has 2 atom stereocenters. The number of carbonyl (C=O) groups is 3. The highest BCUT2D eigenvalue weighted by Crippen LogP contribution is 2.63. The van der Waals surface area contributed by atoms with Crippen LogP contribution in [0.1, 0.15) is 70.4 Å². The fraction of sp³-hybridized carbons (Fsp3) is 0.444. The molecule has 0 radical (unpaired) electrons. The first-order valence-electron chi connectivity index (χ1n) is 12.5. The second-order valence-corrected chi connectivity index (χ2v) is 15.1. The lowest BCUT2D eigenvalue weighted by Crippen LogP contribution is -2.59. The van der Waals surface area contributed by atoms with Crippen LogP contribution in [-0.4, -0.2) is 48.0 Å². The molecule has 13 heteroatoms. The zero-order chi connectivity index (χ0) is 28.8. The summed E-state index contributed by atoms with van der Waals surface area (Å²) in [5.74, 6) is -2.10. The zero-order valence-electron chi connectivity index (χ0n) is 20.7. The van der Waals surface area contributed by atoms with Gasteiger partial charge in [0, 0.05) is 34.8 Å². The summed E-state index contributed by atoms with van der Waals surface area (Å²) < 4.78 is 72.9. The van der Waals surface area contributed by atoms with E-state index < -0.39 is 39.0 Å². The summed E-state index contributed by atoms with van der Waals surface area (Å²) in [6, 6.07) is 8.27. The molecule has 0 amide bonds. The van der Waals surface area contributed by atoms with E-state index in [9.17, 15) is 36.1 Å². The van der Waals surface area contributed by atoms with Crippen molar-refractivity contribution in [2.75, 3.05) is 6.61 Å². The highest BCUT2D eigenvalue weighted by molar-refractivity contribution is 14.1. The molecule has 4 fully saturated rings. The summed E-state index contributed by atoms with van der Waals surface area (Å²) in [4.78, 5) is 38.5. The van der Waals surface area contributed by atoms with Crippen LogP contribution in [0.3, 0.4) is 0 Å². The van der Waals surface area contributed by atoms with E-state index in [1.54, 1.807) is 30.3 Å². The molecule has 7 rings (SSSR count). The minimum Gasteiger partial charge on any atom is -0.743 e. The second-order valence-electron chi connectivity index (χ2n) is 11.4. The molecule has 40 heavy (non-hydrogen) atoms. The molecule has 5 aliphatic rings. The van der Waals surface area contributed by atoms with E-state index in [1.165, 1.54) is 0 Å². The molecule has 5 aliphatic carbocycles. The van der Waals surface area contributed by atoms with Crippen molar-refractivity contribution in [3.05, 3.63) is 59.7 Å². The normalized spacial score (nSPS) is 28.7. The van der Waals surface area contributed by atoms with Crippen molar-refractivity contribution in [1.82, 2.24) is 0 Å². The first kappa shape index (κ1) is 28.4. The second kappa shape index (κ2) is 9.39. The molecule has 4 saturated carbocycles. The number of hydrogen-bond acceptors (Lipinski definition) is 8. The minimum atomic E-state index is -6.21. The Bertz CT molecular complexity index is 1590. The largest absolute Gasteiger partial charge is 0.743 e. The van der Waals surface area contributed by atoms with E-state index in [-0.39, 0.29) is 29.0 Å². The third kappa shape index (κ3) is 4.49. The molecule has 2 aromatic rings. The van der Waals surface area contributed by atoms with Crippen molar-refractivity contribution in [2.45, 2.75) is 49.4 Å². The number of carbonyl (C=O) groups excluding carboxylic acids is 3. The minimum absolute atomic E-state index is 0.181. The maximum absolute atomic E-state index is 13.7. The van der Waals surface area contributed by atoms with E-state index in [1.807, 2.05) is 0 Å². The number of esters is 1.